The molecule has 0 aliphatic heterocycles. The number of benzene rings is 1. The van der Waals surface area contributed by atoms with Gasteiger partial charge in [0, 0.05) is 19.3 Å². The van der Waals surface area contributed by atoms with Crippen LogP contribution in [0, 0.1) is 5.92 Å². The topological polar surface area (TPSA) is 78.9 Å². The highest BCUT2D eigenvalue weighted by Crippen LogP contribution is 2.27. The van der Waals surface area contributed by atoms with E-state index in [9.17, 15) is 9.59 Å². The second-order valence-corrected chi connectivity index (χ2v) is 5.45. The molecule has 22 heavy (non-hydrogen) atoms. The molecule has 1 aromatic carbocycles. The Balaban J connectivity index is 2.64. The van der Waals surface area contributed by atoms with Gasteiger partial charge in [0.25, 0.3) is 0 Å². The predicted octanol–water partition coefficient (Wildman–Crippen LogP) is 3.31. The molecule has 0 saturated heterocycles. The molecule has 6 nitrogen and oxygen atoms in total. The van der Waals surface area contributed by atoms with E-state index in [-0.39, 0.29) is 6.54 Å². The summed E-state index contributed by atoms with van der Waals surface area (Å²) in [6, 6.07) is 4.57. The second kappa shape index (κ2) is 8.48. The zero-order valence-electron chi connectivity index (χ0n) is 12.9. The van der Waals surface area contributed by atoms with E-state index in [0.717, 1.165) is 6.42 Å². The van der Waals surface area contributed by atoms with E-state index < -0.39 is 17.9 Å². The van der Waals surface area contributed by atoms with E-state index in [1.54, 1.807) is 25.1 Å². The minimum absolute atomic E-state index is 0.118. The van der Waals surface area contributed by atoms with Gasteiger partial charge < -0.3 is 20.1 Å². The number of urea groups is 1. The van der Waals surface area contributed by atoms with Crippen molar-refractivity contribution in [3.8, 4) is 5.75 Å². The molecule has 0 aromatic heterocycles. The molecule has 0 saturated carbocycles. The van der Waals surface area contributed by atoms with Crippen LogP contribution in [0.25, 0.3) is 0 Å². The van der Waals surface area contributed by atoms with Crippen molar-refractivity contribution in [1.82, 2.24) is 4.90 Å². The summed E-state index contributed by atoms with van der Waals surface area (Å²) in [4.78, 5) is 24.1. The highest BCUT2D eigenvalue weighted by Gasteiger charge is 2.17. The zero-order chi connectivity index (χ0) is 16.7. The fraction of sp³-hybridized carbons (Fsp3) is 0.467. The van der Waals surface area contributed by atoms with Gasteiger partial charge in [-0.15, -0.1) is 0 Å². The third-order valence-corrected chi connectivity index (χ3v) is 3.26. The molecule has 0 heterocycles. The lowest BCUT2D eigenvalue weighted by molar-refractivity contribution is -0.141. The maximum absolute atomic E-state index is 12.0. The normalized spacial score (nSPS) is 11.6. The van der Waals surface area contributed by atoms with Gasteiger partial charge in [-0.25, -0.2) is 4.79 Å². The van der Waals surface area contributed by atoms with Crippen LogP contribution >= 0.6 is 11.6 Å². The maximum atomic E-state index is 12.0. The van der Waals surface area contributed by atoms with Crippen molar-refractivity contribution in [2.75, 3.05) is 25.5 Å². The number of carboxylic acid groups (broad SMARTS) is 1. The number of hydrogen-bond donors (Lipinski definition) is 2. The van der Waals surface area contributed by atoms with Gasteiger partial charge in [-0.3, -0.25) is 4.79 Å². The molecule has 0 spiro atoms. The van der Waals surface area contributed by atoms with Gasteiger partial charge in [0.15, 0.2) is 0 Å². The average Bonchev–Trinajstić information content (AvgIpc) is 2.46. The van der Waals surface area contributed by atoms with Crippen molar-refractivity contribution in [2.24, 2.45) is 5.92 Å². The zero-order valence-corrected chi connectivity index (χ0v) is 13.7. The third-order valence-electron chi connectivity index (χ3n) is 2.96. The Morgan fingerprint density at radius 1 is 1.45 bits per heavy atom. The predicted molar refractivity (Wildman–Crippen MR) is 85.7 cm³/mol. The smallest absolute Gasteiger partial charge is 0.321 e. The molecule has 122 valence electrons. The monoisotopic (exact) mass is 328 g/mol. The molecule has 7 heteroatoms. The van der Waals surface area contributed by atoms with Gasteiger partial charge >= 0.3 is 12.0 Å². The van der Waals surface area contributed by atoms with E-state index in [1.807, 2.05) is 6.92 Å². The first kappa shape index (κ1) is 18.1. The Morgan fingerprint density at radius 2 is 2.14 bits per heavy atom. The minimum Gasteiger partial charge on any atom is -0.492 e. The molecule has 0 aliphatic carbocycles. The average molecular weight is 329 g/mol. The van der Waals surface area contributed by atoms with E-state index in [4.69, 9.17) is 21.4 Å². The van der Waals surface area contributed by atoms with Crippen molar-refractivity contribution in [3.05, 3.63) is 23.2 Å². The summed E-state index contributed by atoms with van der Waals surface area (Å²) in [6.07, 6.45) is 0.876. The highest BCUT2D eigenvalue weighted by molar-refractivity contribution is 6.32. The summed E-state index contributed by atoms with van der Waals surface area (Å²) in [5, 5.41) is 11.9. The number of anilines is 1. The largest absolute Gasteiger partial charge is 0.492 e. The van der Waals surface area contributed by atoms with Crippen molar-refractivity contribution >= 4 is 29.3 Å². The number of carbonyl (C=O) groups is 2. The highest BCUT2D eigenvalue weighted by atomic mass is 35.5. The van der Waals surface area contributed by atoms with Gasteiger partial charge in [0.1, 0.15) is 5.75 Å². The van der Waals surface area contributed by atoms with Gasteiger partial charge in [-0.05, 0) is 24.6 Å². The van der Waals surface area contributed by atoms with E-state index >= 15 is 0 Å². The molecule has 0 aliphatic rings. The molecule has 2 amide bonds. The SMILES string of the molecule is CCCOc1ccc(NC(=O)N(C)CC(C)C(=O)O)cc1Cl. The fourth-order valence-corrected chi connectivity index (χ4v) is 1.93. The second-order valence-electron chi connectivity index (χ2n) is 5.04. The van der Waals surface area contributed by atoms with Crippen LogP contribution < -0.4 is 10.1 Å². The van der Waals surface area contributed by atoms with Crippen molar-refractivity contribution in [3.63, 3.8) is 0 Å². The number of nitrogens with one attached hydrogen (secondary N) is 1. The third kappa shape index (κ3) is 5.44. The molecular formula is C15H21ClN2O4. The molecule has 2 N–H and O–H groups in total. The molecule has 1 rings (SSSR count). The van der Waals surface area contributed by atoms with Gasteiger partial charge in [-0.1, -0.05) is 25.4 Å². The number of carboxylic acids is 1. The Kier molecular flexibility index (Phi) is 6.98. The quantitative estimate of drug-likeness (QED) is 0.804. The first-order valence-corrected chi connectivity index (χ1v) is 7.40. The van der Waals surface area contributed by atoms with Crippen LogP contribution in [0.2, 0.25) is 5.02 Å². The number of nitrogens with zero attached hydrogens (tertiary/aromatic N) is 1. The number of aliphatic carboxylic acids is 1. The maximum Gasteiger partial charge on any atom is 0.321 e. The van der Waals surface area contributed by atoms with E-state index in [1.165, 1.54) is 11.9 Å². The molecular weight excluding hydrogens is 308 g/mol. The standard InChI is InChI=1S/C15H21ClN2O4/c1-4-7-22-13-6-5-11(8-12(13)16)17-15(21)18(3)9-10(2)14(19)20/h5-6,8,10H,4,7,9H2,1-3H3,(H,17,21)(H,19,20). The lowest BCUT2D eigenvalue weighted by Gasteiger charge is -2.20. The van der Waals surface area contributed by atoms with Crippen molar-refractivity contribution in [2.45, 2.75) is 20.3 Å². The molecule has 1 atom stereocenters. The number of hydrogen-bond acceptors (Lipinski definition) is 3. The Morgan fingerprint density at radius 3 is 2.68 bits per heavy atom. The van der Waals surface area contributed by atoms with Crippen LogP contribution in [0.3, 0.4) is 0 Å². The lowest BCUT2D eigenvalue weighted by atomic mass is 10.2. The van der Waals surface area contributed by atoms with Crippen LogP contribution in [0.4, 0.5) is 10.5 Å². The number of ether oxygens (including phenoxy) is 1. The van der Waals surface area contributed by atoms with Crippen LogP contribution in [0.15, 0.2) is 18.2 Å². The van der Waals surface area contributed by atoms with Gasteiger partial charge in [0.05, 0.1) is 17.5 Å². The van der Waals surface area contributed by atoms with Crippen LogP contribution in [-0.4, -0.2) is 42.2 Å². The number of rotatable bonds is 7. The first-order chi connectivity index (χ1) is 10.3. The summed E-state index contributed by atoms with van der Waals surface area (Å²) in [5.74, 6) is -1.02. The Hall–Kier alpha value is -1.95. The number of halogens is 1. The molecule has 0 fully saturated rings. The summed E-state index contributed by atoms with van der Waals surface area (Å²) in [5.41, 5.74) is 0.522. The van der Waals surface area contributed by atoms with Crippen LogP contribution in [-0.2, 0) is 4.79 Å². The Labute approximate surface area is 135 Å². The van der Waals surface area contributed by atoms with Crippen LogP contribution in [0.1, 0.15) is 20.3 Å². The number of carbonyl (C=O) groups excluding carboxylic acids is 1. The summed E-state index contributed by atoms with van der Waals surface area (Å²) >= 11 is 6.09. The molecule has 1 unspecified atom stereocenters. The summed E-state index contributed by atoms with van der Waals surface area (Å²) in [6.45, 7) is 4.23. The van der Waals surface area contributed by atoms with E-state index in [2.05, 4.69) is 5.32 Å². The lowest BCUT2D eigenvalue weighted by Crippen LogP contribution is -2.36. The molecule has 0 radical (unpaired) electrons. The molecule has 0 bridgehead atoms. The summed E-state index contributed by atoms with van der Waals surface area (Å²) in [7, 11) is 1.54. The fourth-order valence-electron chi connectivity index (χ4n) is 1.70. The molecule has 1 aromatic rings. The Bertz CT molecular complexity index is 536. The summed E-state index contributed by atoms with van der Waals surface area (Å²) < 4.78 is 5.45. The number of amides is 2. The van der Waals surface area contributed by atoms with Gasteiger partial charge in [0.2, 0.25) is 0 Å². The van der Waals surface area contributed by atoms with Gasteiger partial charge in [-0.2, -0.15) is 0 Å². The van der Waals surface area contributed by atoms with Crippen molar-refractivity contribution in [1.29, 1.82) is 0 Å². The first-order valence-electron chi connectivity index (χ1n) is 7.02. The van der Waals surface area contributed by atoms with Crippen molar-refractivity contribution < 1.29 is 19.4 Å². The van der Waals surface area contributed by atoms with Crippen LogP contribution in [0.5, 0.6) is 5.75 Å². The minimum atomic E-state index is -0.944. The van der Waals surface area contributed by atoms with E-state index in [0.29, 0.717) is 23.1 Å².